The highest BCUT2D eigenvalue weighted by Crippen LogP contribution is 2.28. The maximum Gasteiger partial charge on any atom is 0.172 e. The molecule has 1 aromatic rings. The zero-order chi connectivity index (χ0) is 13.8. The minimum absolute atomic E-state index is 0.0480. The standard InChI is InChI=1S/C14H20FN3O/c1-2-10-4-3-7-18(9-10)13-6-5-11(15)8-12(13)14(16)17-19/h5-6,8,10,19H,2-4,7,9H2,1H3,(H2,16,17). The van der Waals surface area contributed by atoms with Crippen LogP contribution in [0.25, 0.3) is 0 Å². The highest BCUT2D eigenvalue weighted by molar-refractivity contribution is 6.02. The molecule has 104 valence electrons. The Balaban J connectivity index is 2.33. The van der Waals surface area contributed by atoms with Gasteiger partial charge < -0.3 is 15.8 Å². The van der Waals surface area contributed by atoms with Gasteiger partial charge in [0.15, 0.2) is 5.84 Å². The Morgan fingerprint density at radius 1 is 1.58 bits per heavy atom. The van der Waals surface area contributed by atoms with Crippen LogP contribution in [0.4, 0.5) is 10.1 Å². The third-order valence-electron chi connectivity index (χ3n) is 3.78. The highest BCUT2D eigenvalue weighted by Gasteiger charge is 2.22. The largest absolute Gasteiger partial charge is 0.409 e. The molecular weight excluding hydrogens is 245 g/mol. The number of amidine groups is 1. The van der Waals surface area contributed by atoms with Gasteiger partial charge in [0.25, 0.3) is 0 Å². The van der Waals surface area contributed by atoms with Crippen LogP contribution in [0, 0.1) is 11.7 Å². The fraction of sp³-hybridized carbons (Fsp3) is 0.500. The zero-order valence-corrected chi connectivity index (χ0v) is 11.1. The fourth-order valence-electron chi connectivity index (χ4n) is 2.66. The molecule has 5 heteroatoms. The molecule has 1 heterocycles. The molecule has 1 aromatic carbocycles. The van der Waals surface area contributed by atoms with Gasteiger partial charge in [0.1, 0.15) is 5.82 Å². The first-order valence-electron chi connectivity index (χ1n) is 6.68. The summed E-state index contributed by atoms with van der Waals surface area (Å²) < 4.78 is 13.3. The summed E-state index contributed by atoms with van der Waals surface area (Å²) in [6, 6.07) is 4.44. The predicted molar refractivity (Wildman–Crippen MR) is 74.1 cm³/mol. The Bertz CT molecular complexity index is 476. The Morgan fingerprint density at radius 2 is 2.37 bits per heavy atom. The molecule has 3 N–H and O–H groups in total. The first-order valence-corrected chi connectivity index (χ1v) is 6.68. The molecular formula is C14H20FN3O. The van der Waals surface area contributed by atoms with E-state index in [0.29, 0.717) is 11.5 Å². The van der Waals surface area contributed by atoms with Crippen molar-refractivity contribution in [1.29, 1.82) is 0 Å². The molecule has 0 amide bonds. The lowest BCUT2D eigenvalue weighted by Crippen LogP contribution is -2.36. The van der Waals surface area contributed by atoms with Crippen LogP contribution in [0.1, 0.15) is 31.7 Å². The third-order valence-corrected chi connectivity index (χ3v) is 3.78. The third kappa shape index (κ3) is 2.97. The van der Waals surface area contributed by atoms with Gasteiger partial charge in [-0.25, -0.2) is 4.39 Å². The van der Waals surface area contributed by atoms with Crippen molar-refractivity contribution in [2.45, 2.75) is 26.2 Å². The SMILES string of the molecule is CCC1CCCN(c2ccc(F)cc2/C(N)=N/O)C1. The first kappa shape index (κ1) is 13.6. The molecule has 0 aromatic heterocycles. The van der Waals surface area contributed by atoms with E-state index >= 15 is 0 Å². The van der Waals surface area contributed by atoms with Gasteiger partial charge in [-0.1, -0.05) is 18.5 Å². The Labute approximate surface area is 112 Å². The Hall–Kier alpha value is -1.78. The van der Waals surface area contributed by atoms with E-state index in [4.69, 9.17) is 10.9 Å². The van der Waals surface area contributed by atoms with Crippen LogP contribution in [0.5, 0.6) is 0 Å². The van der Waals surface area contributed by atoms with Crippen LogP contribution >= 0.6 is 0 Å². The summed E-state index contributed by atoms with van der Waals surface area (Å²) in [6.07, 6.45) is 3.48. The number of nitrogens with zero attached hydrogens (tertiary/aromatic N) is 2. The minimum atomic E-state index is -0.380. The lowest BCUT2D eigenvalue weighted by Gasteiger charge is -2.35. The summed E-state index contributed by atoms with van der Waals surface area (Å²) in [5.41, 5.74) is 6.94. The number of nitrogens with two attached hydrogens (primary N) is 1. The molecule has 0 bridgehead atoms. The second kappa shape index (κ2) is 5.91. The van der Waals surface area contributed by atoms with E-state index in [1.54, 1.807) is 6.07 Å². The van der Waals surface area contributed by atoms with Crippen molar-refractivity contribution in [2.24, 2.45) is 16.8 Å². The zero-order valence-electron chi connectivity index (χ0n) is 11.1. The van der Waals surface area contributed by atoms with Gasteiger partial charge in [-0.15, -0.1) is 0 Å². The van der Waals surface area contributed by atoms with E-state index in [1.807, 2.05) is 0 Å². The summed E-state index contributed by atoms with van der Waals surface area (Å²) in [5, 5.41) is 11.8. The second-order valence-corrected chi connectivity index (χ2v) is 5.01. The van der Waals surface area contributed by atoms with E-state index in [1.165, 1.54) is 18.6 Å². The summed E-state index contributed by atoms with van der Waals surface area (Å²) in [5.74, 6) is 0.224. The Morgan fingerprint density at radius 3 is 3.05 bits per heavy atom. The molecule has 19 heavy (non-hydrogen) atoms. The molecule has 1 unspecified atom stereocenters. The van der Waals surface area contributed by atoms with Gasteiger partial charge >= 0.3 is 0 Å². The van der Waals surface area contributed by atoms with Crippen molar-refractivity contribution >= 4 is 11.5 Å². The molecule has 2 rings (SSSR count). The van der Waals surface area contributed by atoms with Crippen LogP contribution in [0.2, 0.25) is 0 Å². The molecule has 1 saturated heterocycles. The number of anilines is 1. The van der Waals surface area contributed by atoms with E-state index < -0.39 is 0 Å². The van der Waals surface area contributed by atoms with Gasteiger partial charge in [-0.2, -0.15) is 0 Å². The van der Waals surface area contributed by atoms with Gasteiger partial charge in [0, 0.05) is 24.3 Å². The maximum absolute atomic E-state index is 13.3. The van der Waals surface area contributed by atoms with Crippen LogP contribution in [-0.2, 0) is 0 Å². The normalized spacial score (nSPS) is 20.6. The van der Waals surface area contributed by atoms with Gasteiger partial charge in [-0.3, -0.25) is 0 Å². The maximum atomic E-state index is 13.3. The smallest absolute Gasteiger partial charge is 0.172 e. The summed E-state index contributed by atoms with van der Waals surface area (Å²) in [6.45, 7) is 4.05. The van der Waals surface area contributed by atoms with Gasteiger partial charge in [-0.05, 0) is 37.0 Å². The van der Waals surface area contributed by atoms with Gasteiger partial charge in [0.2, 0.25) is 0 Å². The van der Waals surface area contributed by atoms with Crippen molar-refractivity contribution in [1.82, 2.24) is 0 Å². The number of benzene rings is 1. The number of halogens is 1. The lowest BCUT2D eigenvalue weighted by atomic mass is 9.94. The van der Waals surface area contributed by atoms with Crippen LogP contribution in [0.3, 0.4) is 0 Å². The molecule has 4 nitrogen and oxygen atoms in total. The number of hydrogen-bond acceptors (Lipinski definition) is 3. The van der Waals surface area contributed by atoms with E-state index in [-0.39, 0.29) is 11.7 Å². The van der Waals surface area contributed by atoms with Gasteiger partial charge in [0.05, 0.1) is 0 Å². The van der Waals surface area contributed by atoms with Crippen molar-refractivity contribution < 1.29 is 9.60 Å². The molecule has 0 saturated carbocycles. The highest BCUT2D eigenvalue weighted by atomic mass is 19.1. The second-order valence-electron chi connectivity index (χ2n) is 5.01. The average Bonchev–Trinajstić information content (AvgIpc) is 2.46. The number of rotatable bonds is 3. The summed E-state index contributed by atoms with van der Waals surface area (Å²) in [4.78, 5) is 2.20. The number of piperidine rings is 1. The molecule has 1 fully saturated rings. The fourth-order valence-corrected chi connectivity index (χ4v) is 2.66. The molecule has 1 aliphatic heterocycles. The van der Waals surface area contributed by atoms with E-state index in [2.05, 4.69) is 17.0 Å². The summed E-state index contributed by atoms with van der Waals surface area (Å²) in [7, 11) is 0. The quantitative estimate of drug-likeness (QED) is 0.382. The van der Waals surface area contributed by atoms with Crippen LogP contribution in [-0.4, -0.2) is 24.1 Å². The monoisotopic (exact) mass is 265 g/mol. The molecule has 0 spiro atoms. The van der Waals surface area contributed by atoms with E-state index in [9.17, 15) is 4.39 Å². The summed E-state index contributed by atoms with van der Waals surface area (Å²) >= 11 is 0. The topological polar surface area (TPSA) is 61.8 Å². The minimum Gasteiger partial charge on any atom is -0.409 e. The molecule has 1 aliphatic rings. The molecule has 0 radical (unpaired) electrons. The van der Waals surface area contributed by atoms with Crippen molar-refractivity contribution in [2.75, 3.05) is 18.0 Å². The first-order chi connectivity index (χ1) is 9.15. The van der Waals surface area contributed by atoms with Crippen LogP contribution < -0.4 is 10.6 Å². The van der Waals surface area contributed by atoms with Crippen molar-refractivity contribution in [3.63, 3.8) is 0 Å². The number of oxime groups is 1. The van der Waals surface area contributed by atoms with E-state index in [0.717, 1.165) is 31.6 Å². The number of hydrogen-bond donors (Lipinski definition) is 2. The van der Waals surface area contributed by atoms with Crippen molar-refractivity contribution in [3.05, 3.63) is 29.6 Å². The lowest BCUT2D eigenvalue weighted by molar-refractivity contribution is 0.318. The molecule has 0 aliphatic carbocycles. The van der Waals surface area contributed by atoms with Crippen LogP contribution in [0.15, 0.2) is 23.4 Å². The Kier molecular flexibility index (Phi) is 4.24. The predicted octanol–water partition coefficient (Wildman–Crippen LogP) is 2.55. The molecule has 1 atom stereocenters. The average molecular weight is 265 g/mol. The van der Waals surface area contributed by atoms with Crippen molar-refractivity contribution in [3.8, 4) is 0 Å².